The first-order valence-corrected chi connectivity index (χ1v) is 7.03. The smallest absolute Gasteiger partial charge is 0.163 e. The third kappa shape index (κ3) is 3.02. The number of hydrogen-bond donors (Lipinski definition) is 1. The quantitative estimate of drug-likeness (QED) is 0.872. The number of nitrogens with zero attached hydrogens (tertiary/aromatic N) is 2. The van der Waals surface area contributed by atoms with E-state index >= 15 is 0 Å². The van der Waals surface area contributed by atoms with Crippen LogP contribution in [-0.2, 0) is 6.42 Å². The van der Waals surface area contributed by atoms with E-state index < -0.39 is 0 Å². The SMILES string of the molecule is CN(CCc1ccncc1)c1cc2c(cc1N)OCCO2. The Morgan fingerprint density at radius 3 is 2.52 bits per heavy atom. The molecule has 2 heterocycles. The van der Waals surface area contributed by atoms with Gasteiger partial charge < -0.3 is 20.1 Å². The first-order valence-electron chi connectivity index (χ1n) is 7.03. The van der Waals surface area contributed by atoms with Crippen molar-refractivity contribution in [1.29, 1.82) is 0 Å². The molecule has 0 atom stereocenters. The number of nitrogen functional groups attached to an aromatic ring is 1. The molecule has 5 nitrogen and oxygen atoms in total. The lowest BCUT2D eigenvalue weighted by atomic mass is 10.1. The Morgan fingerprint density at radius 1 is 1.14 bits per heavy atom. The van der Waals surface area contributed by atoms with Crippen LogP contribution >= 0.6 is 0 Å². The Hall–Kier alpha value is -2.43. The largest absolute Gasteiger partial charge is 0.486 e. The van der Waals surface area contributed by atoms with Gasteiger partial charge in [0.2, 0.25) is 0 Å². The summed E-state index contributed by atoms with van der Waals surface area (Å²) in [5.74, 6) is 1.49. The Bertz CT molecular complexity index is 616. The van der Waals surface area contributed by atoms with Gasteiger partial charge in [-0.2, -0.15) is 0 Å². The van der Waals surface area contributed by atoms with Gasteiger partial charge in [0.1, 0.15) is 13.2 Å². The standard InChI is InChI=1S/C16H19N3O2/c1-19(7-4-12-2-5-18-6-3-12)14-11-16-15(10-13(14)17)20-8-9-21-16/h2-3,5-6,10-11H,4,7-9,17H2,1H3. The summed E-state index contributed by atoms with van der Waals surface area (Å²) >= 11 is 0. The number of hydrogen-bond acceptors (Lipinski definition) is 5. The summed E-state index contributed by atoms with van der Waals surface area (Å²) in [6.07, 6.45) is 4.56. The van der Waals surface area contributed by atoms with Gasteiger partial charge in [-0.1, -0.05) is 0 Å². The van der Waals surface area contributed by atoms with Gasteiger partial charge in [-0.15, -0.1) is 0 Å². The Balaban J connectivity index is 1.73. The minimum absolute atomic E-state index is 0.573. The summed E-state index contributed by atoms with van der Waals surface area (Å²) in [5.41, 5.74) is 9.06. The molecule has 0 saturated carbocycles. The maximum Gasteiger partial charge on any atom is 0.163 e. The van der Waals surface area contributed by atoms with Crippen LogP contribution in [0.1, 0.15) is 5.56 Å². The van der Waals surface area contributed by atoms with Gasteiger partial charge in [0.15, 0.2) is 11.5 Å². The van der Waals surface area contributed by atoms with E-state index in [4.69, 9.17) is 15.2 Å². The van der Waals surface area contributed by atoms with Crippen LogP contribution in [-0.4, -0.2) is 31.8 Å². The highest BCUT2D eigenvalue weighted by molar-refractivity contribution is 5.73. The third-order valence-corrected chi connectivity index (χ3v) is 3.59. The molecule has 2 aromatic rings. The van der Waals surface area contributed by atoms with E-state index in [0.29, 0.717) is 18.9 Å². The van der Waals surface area contributed by atoms with Crippen molar-refractivity contribution in [1.82, 2.24) is 4.98 Å². The van der Waals surface area contributed by atoms with E-state index in [1.165, 1.54) is 5.56 Å². The zero-order chi connectivity index (χ0) is 14.7. The molecule has 1 aliphatic rings. The van der Waals surface area contributed by atoms with Crippen molar-refractivity contribution < 1.29 is 9.47 Å². The fourth-order valence-electron chi connectivity index (χ4n) is 2.39. The Kier molecular flexibility index (Phi) is 3.81. The van der Waals surface area contributed by atoms with Crippen molar-refractivity contribution in [2.24, 2.45) is 0 Å². The molecule has 0 aliphatic carbocycles. The molecule has 1 aliphatic heterocycles. The molecule has 0 unspecified atom stereocenters. The zero-order valence-electron chi connectivity index (χ0n) is 12.1. The maximum atomic E-state index is 6.13. The van der Waals surface area contributed by atoms with Crippen molar-refractivity contribution in [2.75, 3.05) is 37.4 Å². The molecule has 21 heavy (non-hydrogen) atoms. The molecule has 0 bridgehead atoms. The monoisotopic (exact) mass is 285 g/mol. The second kappa shape index (κ2) is 5.91. The van der Waals surface area contributed by atoms with Gasteiger partial charge in [-0.05, 0) is 24.1 Å². The normalized spacial score (nSPS) is 13.0. The molecule has 0 saturated heterocycles. The summed E-state index contributed by atoms with van der Waals surface area (Å²) < 4.78 is 11.2. The van der Waals surface area contributed by atoms with Crippen LogP contribution in [0.25, 0.3) is 0 Å². The molecule has 2 N–H and O–H groups in total. The highest BCUT2D eigenvalue weighted by Crippen LogP contribution is 2.38. The van der Waals surface area contributed by atoms with Gasteiger partial charge in [0.05, 0.1) is 11.4 Å². The predicted molar refractivity (Wildman–Crippen MR) is 83.1 cm³/mol. The van der Waals surface area contributed by atoms with E-state index in [9.17, 15) is 0 Å². The Labute approximate surface area is 124 Å². The number of anilines is 2. The molecule has 1 aromatic carbocycles. The minimum Gasteiger partial charge on any atom is -0.486 e. The second-order valence-electron chi connectivity index (χ2n) is 5.08. The average Bonchev–Trinajstić information content (AvgIpc) is 2.53. The number of benzene rings is 1. The molecular formula is C16H19N3O2. The van der Waals surface area contributed by atoms with E-state index in [1.807, 2.05) is 43.7 Å². The van der Waals surface area contributed by atoms with Crippen molar-refractivity contribution in [2.45, 2.75) is 6.42 Å². The summed E-state index contributed by atoms with van der Waals surface area (Å²) in [6.45, 7) is 2.02. The predicted octanol–water partition coefficient (Wildman–Crippen LogP) is 2.11. The first-order chi connectivity index (χ1) is 10.2. The fraction of sp³-hybridized carbons (Fsp3) is 0.312. The van der Waals surface area contributed by atoms with Crippen molar-refractivity contribution in [3.05, 3.63) is 42.2 Å². The van der Waals surface area contributed by atoms with Crippen LogP contribution in [0.2, 0.25) is 0 Å². The van der Waals surface area contributed by atoms with Crippen LogP contribution in [0.15, 0.2) is 36.7 Å². The van der Waals surface area contributed by atoms with E-state index in [2.05, 4.69) is 9.88 Å². The van der Waals surface area contributed by atoms with Gasteiger partial charge >= 0.3 is 0 Å². The van der Waals surface area contributed by atoms with Crippen LogP contribution in [0.4, 0.5) is 11.4 Å². The second-order valence-corrected chi connectivity index (χ2v) is 5.08. The number of nitrogens with two attached hydrogens (primary N) is 1. The van der Waals surface area contributed by atoms with Gasteiger partial charge in [0.25, 0.3) is 0 Å². The fourth-order valence-corrected chi connectivity index (χ4v) is 2.39. The molecule has 5 heteroatoms. The number of aromatic nitrogens is 1. The molecule has 3 rings (SSSR count). The van der Waals surface area contributed by atoms with Gasteiger partial charge in [-0.3, -0.25) is 4.98 Å². The molecule has 0 amide bonds. The lowest BCUT2D eigenvalue weighted by molar-refractivity contribution is 0.172. The van der Waals surface area contributed by atoms with Crippen LogP contribution in [0.3, 0.4) is 0 Å². The lowest BCUT2D eigenvalue weighted by Gasteiger charge is -2.25. The van der Waals surface area contributed by atoms with Crippen molar-refractivity contribution >= 4 is 11.4 Å². The lowest BCUT2D eigenvalue weighted by Crippen LogP contribution is -2.22. The molecular weight excluding hydrogens is 266 g/mol. The zero-order valence-corrected chi connectivity index (χ0v) is 12.1. The molecule has 110 valence electrons. The average molecular weight is 285 g/mol. The summed E-state index contributed by atoms with van der Waals surface area (Å²) in [4.78, 5) is 6.16. The summed E-state index contributed by atoms with van der Waals surface area (Å²) in [5, 5.41) is 0. The van der Waals surface area contributed by atoms with Gasteiger partial charge in [-0.25, -0.2) is 0 Å². The third-order valence-electron chi connectivity index (χ3n) is 3.59. The molecule has 0 fully saturated rings. The van der Waals surface area contributed by atoms with Crippen molar-refractivity contribution in [3.8, 4) is 11.5 Å². The maximum absolute atomic E-state index is 6.13. The number of pyridine rings is 1. The first kappa shape index (κ1) is 13.5. The van der Waals surface area contributed by atoms with Crippen LogP contribution in [0, 0.1) is 0 Å². The highest BCUT2D eigenvalue weighted by Gasteiger charge is 2.16. The van der Waals surface area contributed by atoms with Crippen LogP contribution < -0.4 is 20.1 Å². The topological polar surface area (TPSA) is 60.6 Å². The van der Waals surface area contributed by atoms with E-state index in [0.717, 1.165) is 30.2 Å². The summed E-state index contributed by atoms with van der Waals surface area (Å²) in [7, 11) is 2.03. The number of rotatable bonds is 4. The van der Waals surface area contributed by atoms with E-state index in [1.54, 1.807) is 0 Å². The summed E-state index contributed by atoms with van der Waals surface area (Å²) in [6, 6.07) is 7.85. The van der Waals surface area contributed by atoms with E-state index in [-0.39, 0.29) is 0 Å². The van der Waals surface area contributed by atoms with Crippen molar-refractivity contribution in [3.63, 3.8) is 0 Å². The molecule has 1 aromatic heterocycles. The number of likely N-dealkylation sites (N-methyl/N-ethyl adjacent to an activating group) is 1. The minimum atomic E-state index is 0.573. The molecule has 0 radical (unpaired) electrons. The highest BCUT2D eigenvalue weighted by atomic mass is 16.6. The number of fused-ring (bicyclic) bond motifs is 1. The molecule has 0 spiro atoms. The van der Waals surface area contributed by atoms with Gasteiger partial charge in [0, 0.05) is 38.1 Å². The number of ether oxygens (including phenoxy) is 2. The van der Waals surface area contributed by atoms with Crippen LogP contribution in [0.5, 0.6) is 11.5 Å². The Morgan fingerprint density at radius 2 is 1.81 bits per heavy atom.